The van der Waals surface area contributed by atoms with Crippen LogP contribution in [-0.2, 0) is 16.0 Å². The van der Waals surface area contributed by atoms with Gasteiger partial charge in [-0.25, -0.2) is 4.79 Å². The standard InChI is InChI=1S/C20H22N2O4S/c1-4-26-20(25)17-12(2)18(13(3)23)27-19(17)21-16(24)11-22-10-9-14-7-5-6-8-15(14)22/h5-8H,4,9-11H2,1-3H3,(H,21,24). The third kappa shape index (κ3) is 3.88. The van der Waals surface area contributed by atoms with Crippen LogP contribution in [0.2, 0.25) is 0 Å². The average Bonchev–Trinajstić information content (AvgIpc) is 3.16. The summed E-state index contributed by atoms with van der Waals surface area (Å²) in [7, 11) is 0. The van der Waals surface area contributed by atoms with Gasteiger partial charge < -0.3 is 15.0 Å². The summed E-state index contributed by atoms with van der Waals surface area (Å²) in [6.07, 6.45) is 0.907. The highest BCUT2D eigenvalue weighted by Gasteiger charge is 2.26. The van der Waals surface area contributed by atoms with Gasteiger partial charge in [0, 0.05) is 12.2 Å². The van der Waals surface area contributed by atoms with Crippen molar-refractivity contribution in [3.05, 3.63) is 45.8 Å². The van der Waals surface area contributed by atoms with Crippen molar-refractivity contribution in [2.75, 3.05) is 29.9 Å². The zero-order valence-corrected chi connectivity index (χ0v) is 16.4. The molecule has 2 heterocycles. The van der Waals surface area contributed by atoms with Crippen LogP contribution in [0.25, 0.3) is 0 Å². The summed E-state index contributed by atoms with van der Waals surface area (Å²) in [4.78, 5) is 39.3. The third-order valence-electron chi connectivity index (χ3n) is 4.52. The molecule has 0 saturated carbocycles. The van der Waals surface area contributed by atoms with Crippen molar-refractivity contribution in [2.45, 2.75) is 27.2 Å². The predicted molar refractivity (Wildman–Crippen MR) is 106 cm³/mol. The zero-order chi connectivity index (χ0) is 19.6. The fourth-order valence-electron chi connectivity index (χ4n) is 3.30. The molecule has 1 N–H and O–H groups in total. The van der Waals surface area contributed by atoms with Crippen molar-refractivity contribution in [3.8, 4) is 0 Å². The maximum atomic E-state index is 12.6. The van der Waals surface area contributed by atoms with Crippen molar-refractivity contribution in [1.29, 1.82) is 0 Å². The number of para-hydroxylation sites is 1. The van der Waals surface area contributed by atoms with E-state index in [1.807, 2.05) is 23.1 Å². The highest BCUT2D eigenvalue weighted by atomic mass is 32.1. The van der Waals surface area contributed by atoms with Crippen LogP contribution in [0.1, 0.15) is 45.0 Å². The van der Waals surface area contributed by atoms with Crippen LogP contribution in [0, 0.1) is 6.92 Å². The molecule has 0 radical (unpaired) electrons. The first-order valence-corrected chi connectivity index (χ1v) is 9.68. The van der Waals surface area contributed by atoms with Crippen LogP contribution in [-0.4, -0.2) is 37.4 Å². The number of hydrogen-bond acceptors (Lipinski definition) is 6. The summed E-state index contributed by atoms with van der Waals surface area (Å²) in [5, 5.41) is 3.18. The van der Waals surface area contributed by atoms with Crippen LogP contribution < -0.4 is 10.2 Å². The number of thiophene rings is 1. The Balaban J connectivity index is 1.80. The molecule has 142 valence electrons. The molecule has 1 aliphatic heterocycles. The monoisotopic (exact) mass is 386 g/mol. The lowest BCUT2D eigenvalue weighted by atomic mass is 10.1. The topological polar surface area (TPSA) is 75.7 Å². The zero-order valence-electron chi connectivity index (χ0n) is 15.6. The molecule has 1 aromatic carbocycles. The Morgan fingerprint density at radius 1 is 1.26 bits per heavy atom. The second-order valence-corrected chi connectivity index (χ2v) is 7.41. The molecule has 0 unspecified atom stereocenters. The van der Waals surface area contributed by atoms with Crippen LogP contribution in [0.5, 0.6) is 0 Å². The van der Waals surface area contributed by atoms with Gasteiger partial charge in [-0.3, -0.25) is 9.59 Å². The predicted octanol–water partition coefficient (Wildman–Crippen LogP) is 3.44. The van der Waals surface area contributed by atoms with E-state index in [1.54, 1.807) is 13.8 Å². The number of ketones is 1. The number of amides is 1. The molecule has 7 heteroatoms. The highest BCUT2D eigenvalue weighted by molar-refractivity contribution is 7.18. The molecule has 1 aliphatic rings. The summed E-state index contributed by atoms with van der Waals surface area (Å²) in [6, 6.07) is 8.01. The average molecular weight is 386 g/mol. The number of carbonyl (C=O) groups is 3. The van der Waals surface area contributed by atoms with Gasteiger partial charge >= 0.3 is 5.97 Å². The van der Waals surface area contributed by atoms with Crippen LogP contribution >= 0.6 is 11.3 Å². The van der Waals surface area contributed by atoms with Crippen molar-refractivity contribution in [3.63, 3.8) is 0 Å². The summed E-state index contributed by atoms with van der Waals surface area (Å²) in [5.41, 5.74) is 3.10. The van der Waals surface area contributed by atoms with E-state index >= 15 is 0 Å². The van der Waals surface area contributed by atoms with Gasteiger partial charge in [-0.1, -0.05) is 18.2 Å². The molecular weight excluding hydrogens is 364 g/mol. The van der Waals surface area contributed by atoms with E-state index in [1.165, 1.54) is 12.5 Å². The number of fused-ring (bicyclic) bond motifs is 1. The van der Waals surface area contributed by atoms with Gasteiger partial charge in [0.25, 0.3) is 0 Å². The largest absolute Gasteiger partial charge is 0.462 e. The van der Waals surface area contributed by atoms with Gasteiger partial charge in [-0.2, -0.15) is 0 Å². The number of hydrogen-bond donors (Lipinski definition) is 1. The number of esters is 1. The van der Waals surface area contributed by atoms with E-state index in [2.05, 4.69) is 11.4 Å². The van der Waals surface area contributed by atoms with Gasteiger partial charge in [-0.15, -0.1) is 11.3 Å². The Morgan fingerprint density at radius 3 is 2.70 bits per heavy atom. The molecule has 0 fully saturated rings. The Morgan fingerprint density at radius 2 is 2.00 bits per heavy atom. The minimum Gasteiger partial charge on any atom is -0.462 e. The van der Waals surface area contributed by atoms with E-state index < -0.39 is 5.97 Å². The van der Waals surface area contributed by atoms with Crippen molar-refractivity contribution >= 4 is 39.7 Å². The first-order valence-electron chi connectivity index (χ1n) is 8.86. The summed E-state index contributed by atoms with van der Waals surface area (Å²) >= 11 is 1.12. The van der Waals surface area contributed by atoms with Gasteiger partial charge in [0.1, 0.15) is 5.00 Å². The maximum absolute atomic E-state index is 12.6. The lowest BCUT2D eigenvalue weighted by molar-refractivity contribution is -0.114. The number of anilines is 2. The van der Waals surface area contributed by atoms with E-state index in [0.717, 1.165) is 30.0 Å². The number of rotatable bonds is 6. The van der Waals surface area contributed by atoms with Crippen molar-refractivity contribution < 1.29 is 19.1 Å². The fourth-order valence-corrected chi connectivity index (χ4v) is 4.40. The quantitative estimate of drug-likeness (QED) is 0.608. The molecule has 0 aliphatic carbocycles. The first kappa shape index (κ1) is 19.1. The van der Waals surface area contributed by atoms with Crippen molar-refractivity contribution in [2.24, 2.45) is 0 Å². The lowest BCUT2D eigenvalue weighted by Gasteiger charge is -2.18. The van der Waals surface area contributed by atoms with Gasteiger partial charge in [0.2, 0.25) is 5.91 Å². The Bertz CT molecular complexity index is 903. The molecule has 3 rings (SSSR count). The maximum Gasteiger partial charge on any atom is 0.341 e. The van der Waals surface area contributed by atoms with Gasteiger partial charge in [0.05, 0.1) is 23.6 Å². The van der Waals surface area contributed by atoms with Crippen LogP contribution in [0.3, 0.4) is 0 Å². The molecule has 0 saturated heterocycles. The summed E-state index contributed by atoms with van der Waals surface area (Å²) in [6.45, 7) is 6.05. The molecule has 1 amide bonds. The molecule has 27 heavy (non-hydrogen) atoms. The van der Waals surface area contributed by atoms with E-state index in [4.69, 9.17) is 4.74 Å². The summed E-state index contributed by atoms with van der Waals surface area (Å²) < 4.78 is 5.10. The summed E-state index contributed by atoms with van der Waals surface area (Å²) in [5.74, 6) is -0.897. The molecule has 6 nitrogen and oxygen atoms in total. The Kier molecular flexibility index (Phi) is 5.60. The number of ether oxygens (including phenoxy) is 1. The second-order valence-electron chi connectivity index (χ2n) is 6.39. The van der Waals surface area contributed by atoms with E-state index in [-0.39, 0.29) is 30.4 Å². The van der Waals surface area contributed by atoms with Gasteiger partial charge in [-0.05, 0) is 44.4 Å². The van der Waals surface area contributed by atoms with Crippen LogP contribution in [0.4, 0.5) is 10.7 Å². The fraction of sp³-hybridized carbons (Fsp3) is 0.350. The molecule has 1 aromatic heterocycles. The molecule has 0 spiro atoms. The minimum absolute atomic E-state index is 0.142. The van der Waals surface area contributed by atoms with E-state index in [0.29, 0.717) is 15.4 Å². The minimum atomic E-state index is -0.527. The Labute approximate surface area is 162 Å². The number of nitrogens with one attached hydrogen (secondary N) is 1. The van der Waals surface area contributed by atoms with E-state index in [9.17, 15) is 14.4 Å². The first-order chi connectivity index (χ1) is 12.9. The Hall–Kier alpha value is -2.67. The molecule has 0 bridgehead atoms. The number of benzene rings is 1. The highest BCUT2D eigenvalue weighted by Crippen LogP contribution is 2.34. The smallest absolute Gasteiger partial charge is 0.341 e. The SMILES string of the molecule is CCOC(=O)c1c(NC(=O)CN2CCc3ccccc32)sc(C(C)=O)c1C. The normalized spacial score (nSPS) is 12.6. The lowest BCUT2D eigenvalue weighted by Crippen LogP contribution is -2.32. The number of nitrogens with zero attached hydrogens (tertiary/aromatic N) is 1. The third-order valence-corrected chi connectivity index (χ3v) is 5.82. The second kappa shape index (κ2) is 7.92. The number of Topliss-reactive ketones (excluding diaryl/α,β-unsaturated/α-hetero) is 1. The van der Waals surface area contributed by atoms with Crippen LogP contribution in [0.15, 0.2) is 24.3 Å². The number of carbonyl (C=O) groups excluding carboxylic acids is 3. The molecule has 0 atom stereocenters. The molecular formula is C20H22N2O4S. The molecule has 2 aromatic rings. The van der Waals surface area contributed by atoms with Crippen molar-refractivity contribution in [1.82, 2.24) is 0 Å². The van der Waals surface area contributed by atoms with Gasteiger partial charge in [0.15, 0.2) is 5.78 Å².